The summed E-state index contributed by atoms with van der Waals surface area (Å²) in [6.45, 7) is 5.56. The fourth-order valence-electron chi connectivity index (χ4n) is 3.31. The van der Waals surface area contributed by atoms with Crippen LogP contribution in [0, 0.1) is 0 Å². The first-order chi connectivity index (χ1) is 15.5. The van der Waals surface area contributed by atoms with Gasteiger partial charge in [-0.3, -0.25) is 4.68 Å². The first-order valence-corrected chi connectivity index (χ1v) is 10.7. The molecule has 0 aliphatic carbocycles. The standard InChI is InChI=1S/C24H29N5O3.HI/c1-17(2)32-21-7-5-20(6-8-21)28-24(26-13-19-14-27-29(3)15-19)25-11-10-18-4-9-22-23(12-18)31-16-30-22;/h4-9,12,14-15,17H,10-11,13,16H2,1-3H3,(H2,25,26,28);1H. The fourth-order valence-corrected chi connectivity index (χ4v) is 3.31. The Morgan fingerprint density at radius 1 is 1.12 bits per heavy atom. The second kappa shape index (κ2) is 11.8. The third kappa shape index (κ3) is 7.28. The van der Waals surface area contributed by atoms with Crippen molar-refractivity contribution in [3.05, 3.63) is 66.0 Å². The Hall–Kier alpha value is -2.95. The summed E-state index contributed by atoms with van der Waals surface area (Å²) >= 11 is 0. The molecule has 0 radical (unpaired) electrons. The Morgan fingerprint density at radius 3 is 2.64 bits per heavy atom. The molecular weight excluding hydrogens is 533 g/mol. The number of guanidine groups is 1. The fraction of sp³-hybridized carbons (Fsp3) is 0.333. The Bertz CT molecular complexity index is 1070. The topological polar surface area (TPSA) is 81.9 Å². The summed E-state index contributed by atoms with van der Waals surface area (Å²) in [5.74, 6) is 3.14. The number of aryl methyl sites for hydroxylation is 1. The van der Waals surface area contributed by atoms with Gasteiger partial charge in [0.15, 0.2) is 17.5 Å². The Labute approximate surface area is 211 Å². The molecule has 176 valence electrons. The van der Waals surface area contributed by atoms with Crippen LogP contribution in [0.3, 0.4) is 0 Å². The SMILES string of the molecule is CC(C)Oc1ccc(NC(=NCc2cnn(C)c2)NCCc2ccc3c(c2)OCO3)cc1.I. The molecule has 0 amide bonds. The highest BCUT2D eigenvalue weighted by Gasteiger charge is 2.13. The van der Waals surface area contributed by atoms with Gasteiger partial charge in [-0.1, -0.05) is 6.07 Å². The number of benzene rings is 2. The van der Waals surface area contributed by atoms with Crippen LogP contribution in [0.4, 0.5) is 5.69 Å². The summed E-state index contributed by atoms with van der Waals surface area (Å²) in [5, 5.41) is 11.0. The highest BCUT2D eigenvalue weighted by molar-refractivity contribution is 14.0. The number of nitrogens with one attached hydrogen (secondary N) is 2. The normalized spacial score (nSPS) is 12.4. The quantitative estimate of drug-likeness (QED) is 0.241. The lowest BCUT2D eigenvalue weighted by molar-refractivity contribution is 0.174. The lowest BCUT2D eigenvalue weighted by Gasteiger charge is -2.14. The van der Waals surface area contributed by atoms with Gasteiger partial charge < -0.3 is 24.8 Å². The summed E-state index contributed by atoms with van der Waals surface area (Å²) < 4.78 is 18.4. The minimum Gasteiger partial charge on any atom is -0.491 e. The van der Waals surface area contributed by atoms with Crippen LogP contribution in [-0.4, -0.2) is 35.2 Å². The van der Waals surface area contributed by atoms with Crippen LogP contribution in [0.25, 0.3) is 0 Å². The molecule has 2 heterocycles. The van der Waals surface area contributed by atoms with Crippen molar-refractivity contribution in [3.63, 3.8) is 0 Å². The van der Waals surface area contributed by atoms with Gasteiger partial charge in [-0.2, -0.15) is 5.10 Å². The molecule has 0 fully saturated rings. The number of nitrogens with zero attached hydrogens (tertiary/aromatic N) is 3. The first-order valence-electron chi connectivity index (χ1n) is 10.7. The van der Waals surface area contributed by atoms with Gasteiger partial charge in [0.1, 0.15) is 5.75 Å². The van der Waals surface area contributed by atoms with Gasteiger partial charge in [-0.25, -0.2) is 4.99 Å². The van der Waals surface area contributed by atoms with Crippen LogP contribution in [0.2, 0.25) is 0 Å². The number of anilines is 1. The van der Waals surface area contributed by atoms with Gasteiger partial charge in [-0.15, -0.1) is 24.0 Å². The van der Waals surface area contributed by atoms with Crippen LogP contribution in [-0.2, 0) is 20.0 Å². The maximum Gasteiger partial charge on any atom is 0.231 e. The van der Waals surface area contributed by atoms with Crippen LogP contribution in [0.1, 0.15) is 25.0 Å². The maximum atomic E-state index is 5.73. The molecule has 1 aliphatic heterocycles. The van der Waals surface area contributed by atoms with E-state index >= 15 is 0 Å². The molecule has 0 saturated heterocycles. The molecule has 2 aromatic carbocycles. The number of hydrogen-bond acceptors (Lipinski definition) is 5. The van der Waals surface area contributed by atoms with Crippen molar-refractivity contribution >= 4 is 35.6 Å². The summed E-state index contributed by atoms with van der Waals surface area (Å²) in [6, 6.07) is 13.9. The van der Waals surface area contributed by atoms with Crippen molar-refractivity contribution in [1.82, 2.24) is 15.1 Å². The molecule has 9 heteroatoms. The molecule has 1 aromatic heterocycles. The Kier molecular flexibility index (Phi) is 8.81. The Morgan fingerprint density at radius 2 is 1.91 bits per heavy atom. The monoisotopic (exact) mass is 563 g/mol. The molecule has 4 rings (SSSR count). The smallest absolute Gasteiger partial charge is 0.231 e. The minimum absolute atomic E-state index is 0. The zero-order valence-corrected chi connectivity index (χ0v) is 21.4. The molecule has 0 saturated carbocycles. The number of ether oxygens (including phenoxy) is 3. The average Bonchev–Trinajstić information content (AvgIpc) is 3.41. The van der Waals surface area contributed by atoms with Crippen molar-refractivity contribution in [2.24, 2.45) is 12.0 Å². The van der Waals surface area contributed by atoms with Crippen LogP contribution >= 0.6 is 24.0 Å². The second-order valence-corrected chi connectivity index (χ2v) is 7.87. The van der Waals surface area contributed by atoms with Crippen molar-refractivity contribution < 1.29 is 14.2 Å². The summed E-state index contributed by atoms with van der Waals surface area (Å²) in [5.41, 5.74) is 3.15. The molecule has 1 aliphatic rings. The molecule has 0 unspecified atom stereocenters. The maximum absolute atomic E-state index is 5.73. The van der Waals surface area contributed by atoms with E-state index in [1.165, 1.54) is 5.56 Å². The number of hydrogen-bond donors (Lipinski definition) is 2. The third-order valence-electron chi connectivity index (χ3n) is 4.81. The number of rotatable bonds is 8. The third-order valence-corrected chi connectivity index (χ3v) is 4.81. The number of aromatic nitrogens is 2. The highest BCUT2D eigenvalue weighted by atomic mass is 127. The predicted octanol–water partition coefficient (Wildman–Crippen LogP) is 4.35. The molecule has 3 aromatic rings. The Balaban J connectivity index is 0.00000306. The van der Waals surface area contributed by atoms with Gasteiger partial charge in [-0.05, 0) is 62.2 Å². The minimum atomic E-state index is 0. The first kappa shape index (κ1) is 24.7. The van der Waals surface area contributed by atoms with Crippen molar-refractivity contribution in [2.45, 2.75) is 32.9 Å². The average molecular weight is 563 g/mol. The molecule has 2 N–H and O–H groups in total. The summed E-state index contributed by atoms with van der Waals surface area (Å²) in [7, 11) is 1.90. The van der Waals surface area contributed by atoms with E-state index in [1.807, 2.05) is 69.7 Å². The zero-order valence-electron chi connectivity index (χ0n) is 19.1. The van der Waals surface area contributed by atoms with Gasteiger partial charge >= 0.3 is 0 Å². The van der Waals surface area contributed by atoms with E-state index in [9.17, 15) is 0 Å². The van der Waals surface area contributed by atoms with E-state index in [-0.39, 0.29) is 36.9 Å². The molecular formula is C24H30IN5O3. The molecule has 8 nitrogen and oxygen atoms in total. The van der Waals surface area contributed by atoms with E-state index < -0.39 is 0 Å². The van der Waals surface area contributed by atoms with Crippen LogP contribution in [0.15, 0.2) is 59.9 Å². The van der Waals surface area contributed by atoms with E-state index in [0.717, 1.165) is 34.9 Å². The van der Waals surface area contributed by atoms with Crippen molar-refractivity contribution in [3.8, 4) is 17.2 Å². The molecule has 33 heavy (non-hydrogen) atoms. The lowest BCUT2D eigenvalue weighted by atomic mass is 10.1. The number of aliphatic imine (C=N–C) groups is 1. The van der Waals surface area contributed by atoms with Gasteiger partial charge in [0.05, 0.1) is 18.8 Å². The van der Waals surface area contributed by atoms with E-state index in [1.54, 1.807) is 4.68 Å². The summed E-state index contributed by atoms with van der Waals surface area (Å²) in [6.07, 6.45) is 4.76. The predicted molar refractivity (Wildman–Crippen MR) is 140 cm³/mol. The van der Waals surface area contributed by atoms with E-state index in [0.29, 0.717) is 19.0 Å². The number of fused-ring (bicyclic) bond motifs is 1. The van der Waals surface area contributed by atoms with Gasteiger partial charge in [0.2, 0.25) is 6.79 Å². The van der Waals surface area contributed by atoms with E-state index in [4.69, 9.17) is 19.2 Å². The van der Waals surface area contributed by atoms with Crippen LogP contribution < -0.4 is 24.8 Å². The second-order valence-electron chi connectivity index (χ2n) is 7.87. The lowest BCUT2D eigenvalue weighted by Crippen LogP contribution is -2.32. The number of halogens is 1. The zero-order chi connectivity index (χ0) is 22.3. The van der Waals surface area contributed by atoms with E-state index in [2.05, 4.69) is 21.8 Å². The van der Waals surface area contributed by atoms with Crippen molar-refractivity contribution in [2.75, 3.05) is 18.7 Å². The molecule has 0 spiro atoms. The van der Waals surface area contributed by atoms with Crippen LogP contribution in [0.5, 0.6) is 17.2 Å². The molecule has 0 bridgehead atoms. The summed E-state index contributed by atoms with van der Waals surface area (Å²) in [4.78, 5) is 4.73. The highest BCUT2D eigenvalue weighted by Crippen LogP contribution is 2.32. The van der Waals surface area contributed by atoms with Crippen molar-refractivity contribution in [1.29, 1.82) is 0 Å². The van der Waals surface area contributed by atoms with Gasteiger partial charge in [0, 0.05) is 31.0 Å². The molecule has 0 atom stereocenters. The van der Waals surface area contributed by atoms with Gasteiger partial charge in [0.25, 0.3) is 0 Å². The largest absolute Gasteiger partial charge is 0.491 e.